The molecule has 1 amide bonds. The van der Waals surface area contributed by atoms with Crippen molar-refractivity contribution in [3.8, 4) is 11.3 Å². The molecule has 3 aromatic heterocycles. The number of nitrogens with zero attached hydrogens (tertiary/aromatic N) is 5. The lowest BCUT2D eigenvalue weighted by Gasteiger charge is -2.32. The molecule has 1 saturated heterocycles. The van der Waals surface area contributed by atoms with Gasteiger partial charge in [0.25, 0.3) is 0 Å². The molecule has 0 radical (unpaired) electrons. The quantitative estimate of drug-likeness (QED) is 0.448. The Hall–Kier alpha value is -3.33. The van der Waals surface area contributed by atoms with Crippen molar-refractivity contribution in [1.82, 2.24) is 29.4 Å². The number of alkyl halides is 2. The van der Waals surface area contributed by atoms with Gasteiger partial charge in [-0.25, -0.2) is 18.3 Å². The SMILES string of the molecule is Cc1cc(-c2[nH]c3ccc(C4CCN(CC(=O)N(C)C)CC4)cc3c2CC(F)F)cn2ncnc12. The maximum Gasteiger partial charge on any atom is 0.242 e. The van der Waals surface area contributed by atoms with E-state index in [0.717, 1.165) is 53.6 Å². The van der Waals surface area contributed by atoms with Crippen LogP contribution in [0.4, 0.5) is 8.78 Å². The molecule has 1 N–H and O–H groups in total. The predicted molar refractivity (Wildman–Crippen MR) is 132 cm³/mol. The lowest BCUT2D eigenvalue weighted by atomic mass is 9.88. The summed E-state index contributed by atoms with van der Waals surface area (Å²) in [6, 6.07) is 8.16. The van der Waals surface area contributed by atoms with Gasteiger partial charge >= 0.3 is 0 Å². The van der Waals surface area contributed by atoms with Crippen molar-refractivity contribution in [2.45, 2.75) is 38.5 Å². The van der Waals surface area contributed by atoms with Crippen LogP contribution in [0.3, 0.4) is 0 Å². The fourth-order valence-electron chi connectivity index (χ4n) is 5.12. The summed E-state index contributed by atoms with van der Waals surface area (Å²) in [5.74, 6) is 0.456. The highest BCUT2D eigenvalue weighted by Crippen LogP contribution is 2.36. The molecule has 0 saturated carbocycles. The summed E-state index contributed by atoms with van der Waals surface area (Å²) in [7, 11) is 3.55. The summed E-state index contributed by atoms with van der Waals surface area (Å²) in [4.78, 5) is 23.5. The molecule has 1 aliphatic rings. The summed E-state index contributed by atoms with van der Waals surface area (Å²) in [5, 5.41) is 5.08. The van der Waals surface area contributed by atoms with Crippen LogP contribution in [0.15, 0.2) is 36.8 Å². The van der Waals surface area contributed by atoms with Gasteiger partial charge in [0, 0.05) is 43.2 Å². The van der Waals surface area contributed by atoms with Crippen molar-refractivity contribution in [3.05, 3.63) is 53.5 Å². The number of aromatic nitrogens is 4. The first-order chi connectivity index (χ1) is 16.8. The molecule has 7 nitrogen and oxygen atoms in total. The van der Waals surface area contributed by atoms with Gasteiger partial charge in [-0.1, -0.05) is 6.07 Å². The Labute approximate surface area is 202 Å². The number of benzene rings is 1. The molecule has 0 unspecified atom stereocenters. The molecule has 1 fully saturated rings. The van der Waals surface area contributed by atoms with Gasteiger partial charge in [-0.3, -0.25) is 9.69 Å². The Morgan fingerprint density at radius 3 is 2.71 bits per heavy atom. The van der Waals surface area contributed by atoms with E-state index in [2.05, 4.69) is 32.1 Å². The average Bonchev–Trinajstić information content (AvgIpc) is 3.44. The van der Waals surface area contributed by atoms with E-state index in [1.165, 1.54) is 11.9 Å². The third kappa shape index (κ3) is 4.65. The van der Waals surface area contributed by atoms with Crippen LogP contribution < -0.4 is 0 Å². The Bertz CT molecular complexity index is 1370. The number of H-pyrrole nitrogens is 1. The number of rotatable bonds is 6. The van der Waals surface area contributed by atoms with E-state index in [-0.39, 0.29) is 12.3 Å². The zero-order chi connectivity index (χ0) is 24.7. The van der Waals surface area contributed by atoms with Crippen molar-refractivity contribution in [3.63, 3.8) is 0 Å². The van der Waals surface area contributed by atoms with Crippen LogP contribution in [0.5, 0.6) is 0 Å². The molecule has 9 heteroatoms. The fourth-order valence-corrected chi connectivity index (χ4v) is 5.12. The first-order valence-corrected chi connectivity index (χ1v) is 12.0. The Morgan fingerprint density at radius 2 is 2.00 bits per heavy atom. The highest BCUT2D eigenvalue weighted by Gasteiger charge is 2.24. The average molecular weight is 481 g/mol. The molecular formula is C26H30F2N6O. The third-order valence-corrected chi connectivity index (χ3v) is 7.05. The van der Waals surface area contributed by atoms with Crippen LogP contribution >= 0.6 is 0 Å². The Morgan fingerprint density at radius 1 is 1.23 bits per heavy atom. The lowest BCUT2D eigenvalue weighted by Crippen LogP contribution is -2.40. The van der Waals surface area contributed by atoms with E-state index >= 15 is 0 Å². The van der Waals surface area contributed by atoms with E-state index in [1.807, 2.05) is 25.3 Å². The number of hydrogen-bond acceptors (Lipinski definition) is 4. The number of halogens is 2. The molecule has 0 atom stereocenters. The number of carbonyl (C=O) groups excluding carboxylic acids is 1. The minimum absolute atomic E-state index is 0.112. The van der Waals surface area contributed by atoms with E-state index < -0.39 is 6.43 Å². The Kier molecular flexibility index (Phi) is 6.27. The highest BCUT2D eigenvalue weighted by atomic mass is 19.3. The number of aromatic amines is 1. The van der Waals surface area contributed by atoms with Crippen LogP contribution in [-0.2, 0) is 11.2 Å². The largest absolute Gasteiger partial charge is 0.354 e. The van der Waals surface area contributed by atoms with Gasteiger partial charge in [0.1, 0.15) is 6.33 Å². The van der Waals surface area contributed by atoms with Crippen LogP contribution in [0.1, 0.15) is 35.4 Å². The molecule has 4 heterocycles. The molecule has 1 aliphatic heterocycles. The number of fused-ring (bicyclic) bond motifs is 2. The number of amides is 1. The number of piperidine rings is 1. The van der Waals surface area contributed by atoms with Crippen molar-refractivity contribution >= 4 is 22.5 Å². The molecular weight excluding hydrogens is 450 g/mol. The molecule has 35 heavy (non-hydrogen) atoms. The number of carbonyl (C=O) groups is 1. The summed E-state index contributed by atoms with van der Waals surface area (Å²) in [6.07, 6.45) is 2.43. The normalized spacial score (nSPS) is 15.5. The molecule has 5 rings (SSSR count). The predicted octanol–water partition coefficient (Wildman–Crippen LogP) is 4.26. The second-order valence-electron chi connectivity index (χ2n) is 9.66. The zero-order valence-corrected chi connectivity index (χ0v) is 20.3. The first kappa shape index (κ1) is 23.4. The maximum atomic E-state index is 13.7. The zero-order valence-electron chi connectivity index (χ0n) is 20.3. The monoisotopic (exact) mass is 480 g/mol. The Balaban J connectivity index is 1.46. The van der Waals surface area contributed by atoms with Gasteiger partial charge in [-0.15, -0.1) is 0 Å². The number of hydrogen-bond donors (Lipinski definition) is 1. The van der Waals surface area contributed by atoms with Crippen molar-refractivity contribution < 1.29 is 13.6 Å². The molecule has 4 aromatic rings. The van der Waals surface area contributed by atoms with E-state index in [4.69, 9.17) is 0 Å². The van der Waals surface area contributed by atoms with Gasteiger partial charge in [-0.2, -0.15) is 5.10 Å². The standard InChI is InChI=1S/C26H30F2N6O/c1-16-10-19(13-34-26(16)29-15-30-34)25-21(12-23(27)28)20-11-18(4-5-22(20)31-25)17-6-8-33(9-7-17)14-24(35)32(2)3/h4-5,10-11,13,15,17,23,31H,6-9,12,14H2,1-3H3. The summed E-state index contributed by atoms with van der Waals surface area (Å²) in [5.41, 5.74) is 5.85. The highest BCUT2D eigenvalue weighted by molar-refractivity contribution is 5.91. The van der Waals surface area contributed by atoms with Crippen molar-refractivity contribution in [2.75, 3.05) is 33.7 Å². The van der Waals surface area contributed by atoms with Crippen LogP contribution in [0.2, 0.25) is 0 Å². The van der Waals surface area contributed by atoms with Gasteiger partial charge in [0.05, 0.1) is 12.2 Å². The fraction of sp³-hybridized carbons (Fsp3) is 0.423. The van der Waals surface area contributed by atoms with Crippen molar-refractivity contribution in [1.29, 1.82) is 0 Å². The summed E-state index contributed by atoms with van der Waals surface area (Å²) in [6.45, 7) is 4.08. The summed E-state index contributed by atoms with van der Waals surface area (Å²) < 4.78 is 29.1. The molecule has 0 spiro atoms. The van der Waals surface area contributed by atoms with Crippen LogP contribution in [0.25, 0.3) is 27.8 Å². The minimum Gasteiger partial charge on any atom is -0.354 e. The van der Waals surface area contributed by atoms with Gasteiger partial charge in [0.15, 0.2) is 5.65 Å². The van der Waals surface area contributed by atoms with Crippen LogP contribution in [-0.4, -0.2) is 75.4 Å². The van der Waals surface area contributed by atoms with Crippen molar-refractivity contribution in [2.24, 2.45) is 0 Å². The van der Waals surface area contributed by atoms with Gasteiger partial charge < -0.3 is 9.88 Å². The second kappa shape index (κ2) is 9.37. The maximum absolute atomic E-state index is 13.7. The number of pyridine rings is 1. The van der Waals surface area contributed by atoms with E-state index in [9.17, 15) is 13.6 Å². The number of likely N-dealkylation sites (N-methyl/N-ethyl adjacent to an activating group) is 1. The number of likely N-dealkylation sites (tertiary alicyclic amines) is 1. The number of aryl methyl sites for hydroxylation is 1. The molecule has 0 aliphatic carbocycles. The van der Waals surface area contributed by atoms with Gasteiger partial charge in [0.2, 0.25) is 12.3 Å². The second-order valence-corrected chi connectivity index (χ2v) is 9.66. The van der Waals surface area contributed by atoms with E-state index in [1.54, 1.807) is 23.5 Å². The van der Waals surface area contributed by atoms with E-state index in [0.29, 0.717) is 23.7 Å². The minimum atomic E-state index is -2.45. The third-order valence-electron chi connectivity index (χ3n) is 7.05. The molecule has 0 bridgehead atoms. The molecule has 1 aromatic carbocycles. The van der Waals surface area contributed by atoms with Crippen LogP contribution in [0, 0.1) is 6.92 Å². The first-order valence-electron chi connectivity index (χ1n) is 12.0. The topological polar surface area (TPSA) is 69.5 Å². The number of nitrogens with one attached hydrogen (secondary N) is 1. The summed E-state index contributed by atoms with van der Waals surface area (Å²) >= 11 is 0. The smallest absolute Gasteiger partial charge is 0.242 e. The molecule has 184 valence electrons. The van der Waals surface area contributed by atoms with Gasteiger partial charge in [-0.05, 0) is 73.7 Å². The lowest BCUT2D eigenvalue weighted by molar-refractivity contribution is -0.130.